The fourth-order valence-corrected chi connectivity index (χ4v) is 4.59. The number of anilines is 1. The van der Waals surface area contributed by atoms with Crippen LogP contribution >= 0.6 is 7.92 Å². The van der Waals surface area contributed by atoms with Crippen molar-refractivity contribution in [3.8, 4) is 0 Å². The Kier molecular flexibility index (Phi) is 4.50. The van der Waals surface area contributed by atoms with Gasteiger partial charge in [0.1, 0.15) is 0 Å². The molecule has 2 nitrogen and oxygen atoms in total. The van der Waals surface area contributed by atoms with Gasteiger partial charge in [0.05, 0.1) is 5.44 Å². The lowest BCUT2D eigenvalue weighted by Gasteiger charge is -2.20. The van der Waals surface area contributed by atoms with Crippen molar-refractivity contribution in [2.24, 2.45) is 0 Å². The minimum Gasteiger partial charge on any atom is -0.378 e. The first-order chi connectivity index (χ1) is 10.8. The van der Waals surface area contributed by atoms with Crippen LogP contribution in [0.15, 0.2) is 79.0 Å². The molecule has 1 heterocycles. The molecule has 2 aromatic carbocycles. The molecule has 0 atom stereocenters. The Morgan fingerprint density at radius 2 is 1.32 bits per heavy atom. The summed E-state index contributed by atoms with van der Waals surface area (Å²) in [5.74, 6) is 0. The fourth-order valence-electron chi connectivity index (χ4n) is 2.38. The molecule has 0 amide bonds. The molecule has 3 rings (SSSR count). The van der Waals surface area contributed by atoms with Crippen LogP contribution in [-0.4, -0.2) is 19.1 Å². The molecular weight excluding hydrogens is 287 g/mol. The van der Waals surface area contributed by atoms with E-state index in [1.807, 2.05) is 12.3 Å². The molecule has 110 valence electrons. The summed E-state index contributed by atoms with van der Waals surface area (Å²) in [5, 5.41) is 2.65. The number of pyridine rings is 1. The summed E-state index contributed by atoms with van der Waals surface area (Å²) >= 11 is 0. The summed E-state index contributed by atoms with van der Waals surface area (Å²) in [6, 6.07) is 25.6. The van der Waals surface area contributed by atoms with Crippen molar-refractivity contribution in [3.63, 3.8) is 0 Å². The molecule has 22 heavy (non-hydrogen) atoms. The lowest BCUT2D eigenvalue weighted by molar-refractivity contribution is 1.13. The number of hydrogen-bond acceptors (Lipinski definition) is 2. The SMILES string of the molecule is CN(C)c1ccnc(P(c2ccccc2)c2ccccc2)c1. The van der Waals surface area contributed by atoms with E-state index in [4.69, 9.17) is 0 Å². The molecule has 0 fully saturated rings. The highest BCUT2D eigenvalue weighted by atomic mass is 31.1. The minimum atomic E-state index is -0.625. The molecule has 0 aliphatic heterocycles. The average molecular weight is 306 g/mol. The molecule has 1 aromatic heterocycles. The highest BCUT2D eigenvalue weighted by Gasteiger charge is 2.17. The summed E-state index contributed by atoms with van der Waals surface area (Å²) in [6.45, 7) is 0. The first-order valence-corrected chi connectivity index (χ1v) is 8.63. The van der Waals surface area contributed by atoms with E-state index in [0.29, 0.717) is 0 Å². The predicted octanol–water partition coefficient (Wildman–Crippen LogP) is 2.91. The van der Waals surface area contributed by atoms with Gasteiger partial charge in [0.2, 0.25) is 0 Å². The molecule has 0 spiro atoms. The van der Waals surface area contributed by atoms with E-state index in [-0.39, 0.29) is 0 Å². The Balaban J connectivity index is 2.12. The van der Waals surface area contributed by atoms with Crippen molar-refractivity contribution < 1.29 is 0 Å². The molecule has 0 N–H and O–H groups in total. The topological polar surface area (TPSA) is 16.1 Å². The van der Waals surface area contributed by atoms with Gasteiger partial charge >= 0.3 is 0 Å². The molecule has 0 bridgehead atoms. The van der Waals surface area contributed by atoms with Gasteiger partial charge in [-0.25, -0.2) is 0 Å². The van der Waals surface area contributed by atoms with Crippen LogP contribution in [0.2, 0.25) is 0 Å². The number of benzene rings is 2. The van der Waals surface area contributed by atoms with Gasteiger partial charge in [-0.05, 0) is 22.7 Å². The fraction of sp³-hybridized carbons (Fsp3) is 0.105. The summed E-state index contributed by atoms with van der Waals surface area (Å²) in [7, 11) is 3.50. The second kappa shape index (κ2) is 6.72. The van der Waals surface area contributed by atoms with Gasteiger partial charge in [-0.1, -0.05) is 60.7 Å². The average Bonchev–Trinajstić information content (AvgIpc) is 2.57. The normalized spacial score (nSPS) is 10.7. The van der Waals surface area contributed by atoms with E-state index in [0.717, 1.165) is 5.44 Å². The van der Waals surface area contributed by atoms with E-state index < -0.39 is 7.92 Å². The zero-order valence-corrected chi connectivity index (χ0v) is 13.7. The number of nitrogens with zero attached hydrogens (tertiary/aromatic N) is 2. The van der Waals surface area contributed by atoms with Gasteiger partial charge in [-0.2, -0.15) is 0 Å². The number of hydrogen-bond donors (Lipinski definition) is 0. The van der Waals surface area contributed by atoms with Crippen molar-refractivity contribution in [2.75, 3.05) is 19.0 Å². The maximum Gasteiger partial charge on any atom is 0.0741 e. The highest BCUT2D eigenvalue weighted by molar-refractivity contribution is 7.79. The van der Waals surface area contributed by atoms with Crippen molar-refractivity contribution >= 4 is 29.7 Å². The van der Waals surface area contributed by atoms with Crippen LogP contribution in [0, 0.1) is 0 Å². The maximum atomic E-state index is 4.68. The highest BCUT2D eigenvalue weighted by Crippen LogP contribution is 2.32. The number of rotatable bonds is 4. The molecule has 0 aliphatic carbocycles. The zero-order valence-electron chi connectivity index (χ0n) is 12.8. The van der Waals surface area contributed by atoms with E-state index in [9.17, 15) is 0 Å². The zero-order chi connectivity index (χ0) is 15.4. The van der Waals surface area contributed by atoms with Crippen molar-refractivity contribution in [1.29, 1.82) is 0 Å². The Labute approximate surface area is 133 Å². The van der Waals surface area contributed by atoms with Crippen molar-refractivity contribution in [2.45, 2.75) is 0 Å². The predicted molar refractivity (Wildman–Crippen MR) is 97.3 cm³/mol. The van der Waals surface area contributed by atoms with Gasteiger partial charge in [-0.3, -0.25) is 4.98 Å². The third-order valence-corrected chi connectivity index (χ3v) is 5.84. The summed E-state index contributed by atoms with van der Waals surface area (Å²) in [6.07, 6.45) is 1.91. The monoisotopic (exact) mass is 306 g/mol. The lowest BCUT2D eigenvalue weighted by Crippen LogP contribution is -2.23. The van der Waals surface area contributed by atoms with Crippen LogP contribution in [0.25, 0.3) is 0 Å². The van der Waals surface area contributed by atoms with E-state index in [2.05, 4.69) is 90.7 Å². The van der Waals surface area contributed by atoms with Crippen LogP contribution in [0.1, 0.15) is 0 Å². The second-order valence-corrected chi connectivity index (χ2v) is 7.43. The Morgan fingerprint density at radius 3 is 1.82 bits per heavy atom. The van der Waals surface area contributed by atoms with Gasteiger partial charge in [0.15, 0.2) is 0 Å². The largest absolute Gasteiger partial charge is 0.378 e. The summed E-state index contributed by atoms with van der Waals surface area (Å²) < 4.78 is 0. The quantitative estimate of drug-likeness (QED) is 0.689. The standard InChI is InChI=1S/C19H19N2P/c1-21(2)16-13-14-20-19(15-16)22(17-9-5-3-6-10-17)18-11-7-4-8-12-18/h3-15H,1-2H3. The van der Waals surface area contributed by atoms with Crippen LogP contribution in [0.3, 0.4) is 0 Å². The Morgan fingerprint density at radius 1 is 0.773 bits per heavy atom. The Hall–Kier alpha value is -2.18. The molecule has 0 aliphatic rings. The molecular formula is C19H19N2P. The first kappa shape index (κ1) is 14.7. The minimum absolute atomic E-state index is 0.625. The van der Waals surface area contributed by atoms with E-state index in [1.54, 1.807) is 0 Å². The molecule has 0 saturated carbocycles. The first-order valence-electron chi connectivity index (χ1n) is 7.29. The smallest absolute Gasteiger partial charge is 0.0741 e. The van der Waals surface area contributed by atoms with Gasteiger partial charge in [-0.15, -0.1) is 0 Å². The van der Waals surface area contributed by atoms with Gasteiger partial charge in [0.25, 0.3) is 0 Å². The van der Waals surface area contributed by atoms with Crippen LogP contribution in [0.4, 0.5) is 5.69 Å². The van der Waals surface area contributed by atoms with E-state index >= 15 is 0 Å². The van der Waals surface area contributed by atoms with Crippen molar-refractivity contribution in [3.05, 3.63) is 79.0 Å². The summed E-state index contributed by atoms with van der Waals surface area (Å²) in [4.78, 5) is 6.80. The third kappa shape index (κ3) is 3.18. The molecule has 3 heteroatoms. The lowest BCUT2D eigenvalue weighted by atomic mass is 10.4. The maximum absolute atomic E-state index is 4.68. The molecule has 3 aromatic rings. The second-order valence-electron chi connectivity index (χ2n) is 5.27. The molecule has 0 radical (unpaired) electrons. The van der Waals surface area contributed by atoms with Crippen LogP contribution < -0.4 is 20.9 Å². The molecule has 0 saturated heterocycles. The van der Waals surface area contributed by atoms with Gasteiger partial charge < -0.3 is 4.90 Å². The summed E-state index contributed by atoms with van der Waals surface area (Å²) in [5.41, 5.74) is 2.32. The number of aromatic nitrogens is 1. The Bertz CT molecular complexity index is 687. The van der Waals surface area contributed by atoms with Crippen LogP contribution in [-0.2, 0) is 0 Å². The molecule has 0 unspecified atom stereocenters. The van der Waals surface area contributed by atoms with Crippen molar-refractivity contribution in [1.82, 2.24) is 4.98 Å². The van der Waals surface area contributed by atoms with Crippen LogP contribution in [0.5, 0.6) is 0 Å². The third-order valence-electron chi connectivity index (χ3n) is 3.50. The van der Waals surface area contributed by atoms with Gasteiger partial charge in [0, 0.05) is 33.9 Å². The van der Waals surface area contributed by atoms with E-state index in [1.165, 1.54) is 16.3 Å².